The summed E-state index contributed by atoms with van der Waals surface area (Å²) in [6.45, 7) is 0. The van der Waals surface area contributed by atoms with Crippen LogP contribution in [0.1, 0.15) is 17.9 Å². The minimum atomic E-state index is -0.652. The first-order valence-corrected chi connectivity index (χ1v) is 6.97. The van der Waals surface area contributed by atoms with Gasteiger partial charge in [-0.3, -0.25) is 9.59 Å². The van der Waals surface area contributed by atoms with Crippen molar-refractivity contribution in [3.63, 3.8) is 0 Å². The molecule has 0 saturated heterocycles. The molecule has 0 aromatic heterocycles. The maximum atomic E-state index is 12.7. The Kier molecular flexibility index (Phi) is 5.03. The van der Waals surface area contributed by atoms with E-state index in [9.17, 15) is 9.59 Å². The van der Waals surface area contributed by atoms with Crippen LogP contribution in [-0.2, 0) is 14.3 Å². The summed E-state index contributed by atoms with van der Waals surface area (Å²) in [5.41, 5.74) is 3.21. The quantitative estimate of drug-likeness (QED) is 0.521. The number of carbonyl (C=O) groups excluding carboxylic acids is 2. The van der Waals surface area contributed by atoms with Gasteiger partial charge in [-0.1, -0.05) is 42.5 Å². The van der Waals surface area contributed by atoms with Crippen LogP contribution in [0, 0.1) is 0 Å². The number of halogens is 1. The Balaban J connectivity index is 0.00000192. The minimum Gasteiger partial charge on any atom is -0.469 e. The average Bonchev–Trinajstić information content (AvgIpc) is 2.65. The van der Waals surface area contributed by atoms with Gasteiger partial charge in [0.2, 0.25) is 5.91 Å². The molecule has 2 aromatic rings. The van der Waals surface area contributed by atoms with E-state index in [0.29, 0.717) is 5.69 Å². The lowest BCUT2D eigenvalue weighted by Gasteiger charge is -2.20. The summed E-state index contributed by atoms with van der Waals surface area (Å²) in [4.78, 5) is 24.4. The van der Waals surface area contributed by atoms with Crippen LogP contribution in [-0.4, -0.2) is 19.0 Å². The summed E-state index contributed by atoms with van der Waals surface area (Å²) in [5, 5.41) is 1.13. The number of rotatable bonds is 2. The number of hydrazine groups is 1. The monoisotopic (exact) mass is 332 g/mol. The smallest absolute Gasteiger partial charge is 0.306 e. The van der Waals surface area contributed by atoms with E-state index >= 15 is 0 Å². The highest BCUT2D eigenvalue weighted by molar-refractivity contribution is 6.05. The van der Waals surface area contributed by atoms with E-state index in [1.807, 2.05) is 42.5 Å². The molecule has 1 aliphatic heterocycles. The van der Waals surface area contributed by atoms with Crippen LogP contribution in [0.5, 0.6) is 0 Å². The predicted octanol–water partition coefficient (Wildman–Crippen LogP) is 2.64. The molecule has 1 atom stereocenters. The average molecular weight is 333 g/mol. The maximum absolute atomic E-state index is 12.7. The Labute approximate surface area is 140 Å². The molecule has 0 bridgehead atoms. The summed E-state index contributed by atoms with van der Waals surface area (Å²) in [6.07, 6.45) is -0.0337. The number of carbonyl (C=O) groups is 2. The zero-order valence-electron chi connectivity index (χ0n) is 12.6. The highest BCUT2D eigenvalue weighted by Crippen LogP contribution is 2.40. The van der Waals surface area contributed by atoms with Gasteiger partial charge >= 0.3 is 5.97 Å². The molecule has 6 heteroatoms. The van der Waals surface area contributed by atoms with Crippen LogP contribution < -0.4 is 10.9 Å². The molecule has 120 valence electrons. The summed E-state index contributed by atoms with van der Waals surface area (Å²) < 4.78 is 4.72. The van der Waals surface area contributed by atoms with Crippen molar-refractivity contribution in [1.82, 2.24) is 0 Å². The second kappa shape index (κ2) is 6.81. The van der Waals surface area contributed by atoms with Crippen molar-refractivity contribution in [3.05, 3.63) is 54.1 Å². The van der Waals surface area contributed by atoms with Crippen molar-refractivity contribution in [3.8, 4) is 11.1 Å². The first-order valence-electron chi connectivity index (χ1n) is 6.97. The summed E-state index contributed by atoms with van der Waals surface area (Å²) in [6, 6.07) is 15.0. The van der Waals surface area contributed by atoms with Crippen LogP contribution in [0.4, 0.5) is 5.69 Å². The third-order valence-corrected chi connectivity index (χ3v) is 3.92. The fourth-order valence-corrected chi connectivity index (χ4v) is 2.82. The molecule has 1 aliphatic rings. The van der Waals surface area contributed by atoms with Crippen LogP contribution in [0.15, 0.2) is 48.5 Å². The SMILES string of the molecule is COC(=O)CC1C(=O)N(N)c2ccccc2-c2ccccc21.Cl. The van der Waals surface area contributed by atoms with E-state index in [0.717, 1.165) is 21.7 Å². The first-order chi connectivity index (χ1) is 10.6. The van der Waals surface area contributed by atoms with Gasteiger partial charge in [0.1, 0.15) is 0 Å². The van der Waals surface area contributed by atoms with Crippen molar-refractivity contribution in [2.24, 2.45) is 5.84 Å². The molecule has 3 rings (SSSR count). The molecule has 2 N–H and O–H groups in total. The third-order valence-electron chi connectivity index (χ3n) is 3.92. The van der Waals surface area contributed by atoms with Crippen LogP contribution >= 0.6 is 12.4 Å². The third kappa shape index (κ3) is 2.93. The van der Waals surface area contributed by atoms with Gasteiger partial charge in [0.05, 0.1) is 25.1 Å². The number of anilines is 1. The van der Waals surface area contributed by atoms with Gasteiger partial charge in [0.25, 0.3) is 0 Å². The topological polar surface area (TPSA) is 72.6 Å². The van der Waals surface area contributed by atoms with Gasteiger partial charge in [-0.15, -0.1) is 12.4 Å². The molecule has 1 unspecified atom stereocenters. The molecule has 5 nitrogen and oxygen atoms in total. The van der Waals surface area contributed by atoms with E-state index in [4.69, 9.17) is 10.6 Å². The van der Waals surface area contributed by atoms with Gasteiger partial charge in [0, 0.05) is 5.56 Å². The number of nitrogens with two attached hydrogens (primary N) is 1. The van der Waals surface area contributed by atoms with Crippen molar-refractivity contribution in [1.29, 1.82) is 0 Å². The van der Waals surface area contributed by atoms with Gasteiger partial charge < -0.3 is 4.74 Å². The maximum Gasteiger partial charge on any atom is 0.306 e. The van der Waals surface area contributed by atoms with Crippen LogP contribution in [0.3, 0.4) is 0 Å². The standard InChI is InChI=1S/C17H16N2O3.ClH/c1-22-16(20)10-14-12-7-3-2-6-11(12)13-8-4-5-9-15(13)19(18)17(14)21;/h2-9,14H,10,18H2,1H3;1H. The van der Waals surface area contributed by atoms with Crippen molar-refractivity contribution < 1.29 is 14.3 Å². The molecule has 23 heavy (non-hydrogen) atoms. The van der Waals surface area contributed by atoms with E-state index in [1.165, 1.54) is 7.11 Å². The number of benzene rings is 2. The summed E-state index contributed by atoms with van der Waals surface area (Å²) in [7, 11) is 1.31. The molecular weight excluding hydrogens is 316 g/mol. The van der Waals surface area contributed by atoms with E-state index in [2.05, 4.69) is 0 Å². The lowest BCUT2D eigenvalue weighted by Crippen LogP contribution is -2.40. The minimum absolute atomic E-state index is 0. The van der Waals surface area contributed by atoms with Crippen molar-refractivity contribution in [2.75, 3.05) is 12.1 Å². The van der Waals surface area contributed by atoms with Crippen molar-refractivity contribution >= 4 is 30.0 Å². The lowest BCUT2D eigenvalue weighted by atomic mass is 9.89. The number of hydrogen-bond acceptors (Lipinski definition) is 4. The Bertz CT molecular complexity index is 748. The van der Waals surface area contributed by atoms with E-state index in [1.54, 1.807) is 6.07 Å². The largest absolute Gasteiger partial charge is 0.469 e. The molecule has 0 fully saturated rings. The molecule has 0 radical (unpaired) electrons. The Morgan fingerprint density at radius 3 is 2.43 bits per heavy atom. The second-order valence-electron chi connectivity index (χ2n) is 5.15. The predicted molar refractivity (Wildman–Crippen MR) is 90.2 cm³/mol. The zero-order chi connectivity index (χ0) is 15.7. The Morgan fingerprint density at radius 1 is 1.13 bits per heavy atom. The number of ether oxygens (including phenoxy) is 1. The van der Waals surface area contributed by atoms with E-state index in [-0.39, 0.29) is 24.7 Å². The van der Waals surface area contributed by atoms with Gasteiger partial charge in [-0.25, -0.2) is 10.9 Å². The number of nitrogens with zero attached hydrogens (tertiary/aromatic N) is 1. The number of amides is 1. The molecule has 0 saturated carbocycles. The second-order valence-corrected chi connectivity index (χ2v) is 5.15. The molecular formula is C17H17ClN2O3. The Hall–Kier alpha value is -2.37. The zero-order valence-corrected chi connectivity index (χ0v) is 13.4. The molecule has 0 spiro atoms. The Morgan fingerprint density at radius 2 is 1.74 bits per heavy atom. The molecule has 1 amide bonds. The highest BCUT2D eigenvalue weighted by Gasteiger charge is 2.34. The highest BCUT2D eigenvalue weighted by atomic mass is 35.5. The van der Waals surface area contributed by atoms with E-state index < -0.39 is 11.9 Å². The lowest BCUT2D eigenvalue weighted by molar-refractivity contribution is -0.142. The van der Waals surface area contributed by atoms with Gasteiger partial charge in [-0.05, 0) is 17.2 Å². The summed E-state index contributed by atoms with van der Waals surface area (Å²) in [5.74, 6) is 4.60. The van der Waals surface area contributed by atoms with Crippen LogP contribution in [0.25, 0.3) is 11.1 Å². The number of para-hydroxylation sites is 1. The summed E-state index contributed by atoms with van der Waals surface area (Å²) >= 11 is 0. The number of hydrogen-bond donors (Lipinski definition) is 1. The molecule has 2 aromatic carbocycles. The number of esters is 1. The fourth-order valence-electron chi connectivity index (χ4n) is 2.82. The number of fused-ring (bicyclic) bond motifs is 3. The van der Waals surface area contributed by atoms with Gasteiger partial charge in [-0.2, -0.15) is 0 Å². The number of methoxy groups -OCH3 is 1. The van der Waals surface area contributed by atoms with Crippen LogP contribution in [0.2, 0.25) is 0 Å². The first kappa shape index (κ1) is 17.0. The normalized spacial score (nSPS) is 15.8. The molecule has 1 heterocycles. The van der Waals surface area contributed by atoms with Gasteiger partial charge in [0.15, 0.2) is 0 Å². The fraction of sp³-hybridized carbons (Fsp3) is 0.176. The molecule has 0 aliphatic carbocycles. The van der Waals surface area contributed by atoms with Crippen molar-refractivity contribution in [2.45, 2.75) is 12.3 Å².